The molecule has 0 aromatic heterocycles. The van der Waals surface area contributed by atoms with E-state index in [4.69, 9.17) is 0 Å². The van der Waals surface area contributed by atoms with Crippen molar-refractivity contribution in [2.45, 2.75) is 31.3 Å². The normalized spacial score (nSPS) is 18.1. The number of rotatable bonds is 2. The number of benzene rings is 2. The second kappa shape index (κ2) is 7.14. The van der Waals surface area contributed by atoms with E-state index >= 15 is 4.48 Å². The molecule has 2 amide bonds. The Morgan fingerprint density at radius 1 is 1.11 bits per heavy atom. The van der Waals surface area contributed by atoms with Gasteiger partial charge in [-0.25, -0.2) is 9.92 Å². The number of piperidine rings is 1. The van der Waals surface area contributed by atoms with E-state index in [1.165, 1.54) is 0 Å². The molecule has 0 radical (unpaired) electrons. The van der Waals surface area contributed by atoms with Crippen LogP contribution >= 0.6 is 0 Å². The number of urea groups is 1. The second-order valence-corrected chi connectivity index (χ2v) is 7.43. The van der Waals surface area contributed by atoms with Gasteiger partial charge in [-0.1, -0.05) is 28.7 Å². The average Bonchev–Trinajstić information content (AvgIpc) is 2.72. The topological polar surface area (TPSA) is 72.9 Å². The molecule has 7 heteroatoms. The summed E-state index contributed by atoms with van der Waals surface area (Å²) in [6, 6.07) is 13.2. The number of likely N-dealkylation sites (tertiary alicyclic amines) is 1. The molecule has 4 rings (SSSR count). The second-order valence-electron chi connectivity index (χ2n) is 7.43. The van der Waals surface area contributed by atoms with Crippen LogP contribution in [0.25, 0.3) is 0 Å². The maximum Gasteiger partial charge on any atom is 0.317 e. The number of amides is 2. The summed E-state index contributed by atoms with van der Waals surface area (Å²) in [5, 5.41) is 12.9. The number of ketones is 1. The van der Waals surface area contributed by atoms with Crippen molar-refractivity contribution in [3.8, 4) is 5.75 Å². The largest absolute Gasteiger partial charge is 0.508 e. The zero-order valence-electron chi connectivity index (χ0n) is 15.4. The van der Waals surface area contributed by atoms with Crippen molar-refractivity contribution in [1.29, 1.82) is 0 Å². The van der Waals surface area contributed by atoms with Gasteiger partial charge in [0.05, 0.1) is 11.2 Å². The van der Waals surface area contributed by atoms with Gasteiger partial charge in [-0.15, -0.1) is 0 Å². The quantitative estimate of drug-likeness (QED) is 0.780. The van der Waals surface area contributed by atoms with Crippen LogP contribution in [0, 0.1) is 0 Å². The molecule has 2 heterocycles. The Bertz CT molecular complexity index is 892. The molecular formula is C21H22FN3O3. The maximum absolute atomic E-state index is 15.2. The number of nitrogens with zero attached hydrogens (tertiary/aromatic N) is 2. The predicted molar refractivity (Wildman–Crippen MR) is 103 cm³/mol. The molecule has 2 aromatic carbocycles. The predicted octanol–water partition coefficient (Wildman–Crippen LogP) is 3.41. The molecule has 1 spiro atoms. The number of halogens is 1. The highest BCUT2D eigenvalue weighted by Gasteiger charge is 2.47. The SMILES string of the molecule is O=C1CC2(CCN(C(=O)NCc3ccc(O)cc3)CC2)N(F)c2ccccc21. The Kier molecular flexibility index (Phi) is 4.66. The summed E-state index contributed by atoms with van der Waals surface area (Å²) in [7, 11) is 0. The molecule has 1 saturated heterocycles. The van der Waals surface area contributed by atoms with Gasteiger partial charge in [-0.2, -0.15) is 0 Å². The lowest BCUT2D eigenvalue weighted by atomic mass is 9.78. The summed E-state index contributed by atoms with van der Waals surface area (Å²) in [5.74, 6) is 0.130. The average molecular weight is 383 g/mol. The van der Waals surface area contributed by atoms with Crippen molar-refractivity contribution < 1.29 is 19.2 Å². The Labute approximate surface area is 162 Å². The number of anilines is 1. The van der Waals surface area contributed by atoms with Crippen LogP contribution in [-0.4, -0.2) is 40.4 Å². The minimum atomic E-state index is -0.876. The molecular weight excluding hydrogens is 361 g/mol. The zero-order valence-corrected chi connectivity index (χ0v) is 15.4. The first kappa shape index (κ1) is 18.3. The number of hydrogen-bond acceptors (Lipinski definition) is 4. The smallest absolute Gasteiger partial charge is 0.317 e. The highest BCUT2D eigenvalue weighted by Crippen LogP contribution is 2.42. The third-order valence-corrected chi connectivity index (χ3v) is 5.68. The fourth-order valence-corrected chi connectivity index (χ4v) is 4.00. The molecule has 146 valence electrons. The van der Waals surface area contributed by atoms with E-state index in [1.807, 2.05) is 0 Å². The first-order valence-corrected chi connectivity index (χ1v) is 9.37. The highest BCUT2D eigenvalue weighted by atomic mass is 19.2. The number of carbonyl (C=O) groups is 2. The molecule has 2 N–H and O–H groups in total. The number of para-hydroxylation sites is 1. The lowest BCUT2D eigenvalue weighted by molar-refractivity contribution is 0.0805. The molecule has 0 saturated carbocycles. The van der Waals surface area contributed by atoms with E-state index in [0.717, 1.165) is 10.7 Å². The number of hydrogen-bond donors (Lipinski definition) is 2. The number of nitrogens with one attached hydrogen (secondary N) is 1. The Morgan fingerprint density at radius 2 is 1.79 bits per heavy atom. The van der Waals surface area contributed by atoms with Crippen LogP contribution in [0.4, 0.5) is 15.0 Å². The Morgan fingerprint density at radius 3 is 2.50 bits per heavy atom. The molecule has 0 unspecified atom stereocenters. The molecule has 2 aliphatic rings. The van der Waals surface area contributed by atoms with Gasteiger partial charge in [0.15, 0.2) is 5.78 Å². The van der Waals surface area contributed by atoms with E-state index in [1.54, 1.807) is 53.4 Å². The van der Waals surface area contributed by atoms with Gasteiger partial charge < -0.3 is 15.3 Å². The van der Waals surface area contributed by atoms with Gasteiger partial charge in [0.25, 0.3) is 0 Å². The number of phenols is 1. The van der Waals surface area contributed by atoms with Crippen LogP contribution < -0.4 is 10.4 Å². The standard InChI is InChI=1S/C21H22FN3O3/c22-25-18-4-2-1-3-17(18)19(27)13-21(25)9-11-24(12-10-21)20(28)23-14-15-5-7-16(26)8-6-15/h1-8,26H,9-14H2,(H,23,28). The lowest BCUT2D eigenvalue weighted by Crippen LogP contribution is -2.57. The molecule has 0 bridgehead atoms. The van der Waals surface area contributed by atoms with Gasteiger partial charge in [0.2, 0.25) is 0 Å². The number of phenolic OH excluding ortho intramolecular Hbond substituents is 1. The highest BCUT2D eigenvalue weighted by molar-refractivity contribution is 6.04. The molecule has 6 nitrogen and oxygen atoms in total. The van der Waals surface area contributed by atoms with Crippen LogP contribution in [-0.2, 0) is 6.54 Å². The third-order valence-electron chi connectivity index (χ3n) is 5.68. The van der Waals surface area contributed by atoms with E-state index in [2.05, 4.69) is 5.32 Å². The summed E-state index contributed by atoms with van der Waals surface area (Å²) in [6.07, 6.45) is 0.926. The van der Waals surface area contributed by atoms with Crippen LogP contribution in [0.2, 0.25) is 0 Å². The minimum absolute atomic E-state index is 0.0465. The molecule has 2 aromatic rings. The van der Waals surface area contributed by atoms with Crippen molar-refractivity contribution in [3.05, 3.63) is 59.7 Å². The van der Waals surface area contributed by atoms with Crippen molar-refractivity contribution in [2.24, 2.45) is 0 Å². The van der Waals surface area contributed by atoms with Crippen molar-refractivity contribution in [3.63, 3.8) is 0 Å². The Balaban J connectivity index is 1.38. The minimum Gasteiger partial charge on any atom is -0.508 e. The number of Topliss-reactive ketones (excluding diaryl/α,β-unsaturated/α-hetero) is 1. The van der Waals surface area contributed by atoms with Crippen molar-refractivity contribution >= 4 is 17.5 Å². The fourth-order valence-electron chi connectivity index (χ4n) is 4.00. The van der Waals surface area contributed by atoms with Gasteiger partial charge in [0.1, 0.15) is 5.75 Å². The summed E-state index contributed by atoms with van der Waals surface area (Å²) in [4.78, 5) is 26.6. The third kappa shape index (κ3) is 3.28. The molecule has 28 heavy (non-hydrogen) atoms. The zero-order chi connectivity index (χ0) is 19.7. The van der Waals surface area contributed by atoms with Crippen LogP contribution in [0.1, 0.15) is 35.2 Å². The van der Waals surface area contributed by atoms with Gasteiger partial charge >= 0.3 is 6.03 Å². The fraction of sp³-hybridized carbons (Fsp3) is 0.333. The first-order valence-electron chi connectivity index (χ1n) is 9.37. The summed E-state index contributed by atoms with van der Waals surface area (Å²) in [5.41, 5.74) is 0.747. The molecule has 1 fully saturated rings. The Hall–Kier alpha value is -3.09. The van der Waals surface area contributed by atoms with Gasteiger partial charge in [0, 0.05) is 31.6 Å². The lowest BCUT2D eigenvalue weighted by Gasteiger charge is -2.47. The summed E-state index contributed by atoms with van der Waals surface area (Å²) in [6.45, 7) is 1.12. The maximum atomic E-state index is 15.2. The number of aromatic hydroxyl groups is 1. The summed E-state index contributed by atoms with van der Waals surface area (Å²) < 4.78 is 15.2. The van der Waals surface area contributed by atoms with E-state index in [9.17, 15) is 14.7 Å². The molecule has 0 atom stereocenters. The van der Waals surface area contributed by atoms with Gasteiger partial charge in [-0.05, 0) is 42.7 Å². The molecule has 0 aliphatic carbocycles. The van der Waals surface area contributed by atoms with Crippen LogP contribution in [0.5, 0.6) is 5.75 Å². The van der Waals surface area contributed by atoms with Crippen molar-refractivity contribution in [1.82, 2.24) is 10.2 Å². The van der Waals surface area contributed by atoms with Crippen molar-refractivity contribution in [2.75, 3.05) is 18.2 Å². The van der Waals surface area contributed by atoms with Gasteiger partial charge in [-0.3, -0.25) is 4.79 Å². The monoisotopic (exact) mass is 383 g/mol. The number of carbonyl (C=O) groups excluding carboxylic acids is 2. The number of fused-ring (bicyclic) bond motifs is 1. The molecule has 2 aliphatic heterocycles. The summed E-state index contributed by atoms with van der Waals surface area (Å²) >= 11 is 0. The van der Waals surface area contributed by atoms with Crippen LogP contribution in [0.15, 0.2) is 48.5 Å². The van der Waals surface area contributed by atoms with Crippen LogP contribution in [0.3, 0.4) is 0 Å². The van der Waals surface area contributed by atoms with E-state index in [0.29, 0.717) is 43.7 Å². The first-order chi connectivity index (χ1) is 13.5. The van der Waals surface area contributed by atoms with E-state index < -0.39 is 5.54 Å². The van der Waals surface area contributed by atoms with E-state index in [-0.39, 0.29) is 24.0 Å².